The number of hydrogen-bond donors (Lipinski definition) is 0. The highest BCUT2D eigenvalue weighted by Crippen LogP contribution is 2.27. The summed E-state index contributed by atoms with van der Waals surface area (Å²) in [4.78, 5) is 31.8. The molecule has 0 atom stereocenters. The average molecular weight is 498 g/mol. The van der Waals surface area contributed by atoms with Gasteiger partial charge in [0.1, 0.15) is 5.82 Å². The molecule has 2 aliphatic heterocycles. The van der Waals surface area contributed by atoms with Crippen LogP contribution < -0.4 is 4.90 Å². The second-order valence-corrected chi connectivity index (χ2v) is 8.93. The molecule has 3 aromatic rings. The van der Waals surface area contributed by atoms with Gasteiger partial charge in [-0.1, -0.05) is 18.2 Å². The minimum Gasteiger partial charge on any atom is -0.368 e. The van der Waals surface area contributed by atoms with Crippen LogP contribution in [0.3, 0.4) is 0 Å². The van der Waals surface area contributed by atoms with Crippen LogP contribution in [0.25, 0.3) is 0 Å². The Hall–Kier alpha value is -3.82. The van der Waals surface area contributed by atoms with Crippen LogP contribution in [-0.4, -0.2) is 64.1 Å². The Kier molecular flexibility index (Phi) is 6.42. The van der Waals surface area contributed by atoms with Crippen LogP contribution in [0.4, 0.5) is 18.9 Å². The van der Waals surface area contributed by atoms with E-state index in [9.17, 15) is 22.8 Å². The van der Waals surface area contributed by atoms with Gasteiger partial charge in [0.25, 0.3) is 11.8 Å². The summed E-state index contributed by atoms with van der Waals surface area (Å²) in [6.45, 7) is 5.21. The quantitative estimate of drug-likeness (QED) is 0.518. The number of benzene rings is 2. The van der Waals surface area contributed by atoms with Crippen LogP contribution in [0.15, 0.2) is 42.5 Å². The van der Waals surface area contributed by atoms with E-state index in [0.29, 0.717) is 56.8 Å². The topological polar surface area (TPSA) is 61.7 Å². The monoisotopic (exact) mass is 497 g/mol. The SMILES string of the molecule is CCn1nc(C(=O)N2CCN(c3ccccc3)CC2)c2c1CCN(C(=O)c1cc(F)c(F)cc1F)C2. The van der Waals surface area contributed by atoms with Crippen LogP contribution in [0.1, 0.15) is 39.0 Å². The van der Waals surface area contributed by atoms with Crippen molar-refractivity contribution in [3.63, 3.8) is 0 Å². The van der Waals surface area contributed by atoms with Crippen molar-refractivity contribution in [2.75, 3.05) is 37.6 Å². The summed E-state index contributed by atoms with van der Waals surface area (Å²) in [6, 6.07) is 11.0. The predicted octanol–water partition coefficient (Wildman–Crippen LogP) is 3.48. The van der Waals surface area contributed by atoms with Gasteiger partial charge >= 0.3 is 0 Å². The highest BCUT2D eigenvalue weighted by Gasteiger charge is 2.34. The Balaban J connectivity index is 1.36. The van der Waals surface area contributed by atoms with E-state index >= 15 is 0 Å². The van der Waals surface area contributed by atoms with Crippen LogP contribution in [-0.2, 0) is 19.5 Å². The molecule has 0 saturated carbocycles. The zero-order valence-electron chi connectivity index (χ0n) is 19.9. The second-order valence-electron chi connectivity index (χ2n) is 8.93. The Morgan fingerprint density at radius 3 is 2.25 bits per heavy atom. The number of carbonyl (C=O) groups excluding carboxylic acids is 2. The largest absolute Gasteiger partial charge is 0.368 e. The maximum atomic E-state index is 14.3. The van der Waals surface area contributed by atoms with E-state index in [1.54, 1.807) is 9.58 Å². The number of hydrogen-bond acceptors (Lipinski definition) is 4. The number of rotatable bonds is 4. The van der Waals surface area contributed by atoms with E-state index in [0.717, 1.165) is 11.4 Å². The normalized spacial score (nSPS) is 15.7. The van der Waals surface area contributed by atoms with Gasteiger partial charge in [-0.3, -0.25) is 14.3 Å². The van der Waals surface area contributed by atoms with Crippen LogP contribution in [0.2, 0.25) is 0 Å². The first-order valence-electron chi connectivity index (χ1n) is 12.0. The summed E-state index contributed by atoms with van der Waals surface area (Å²) in [5.74, 6) is -4.73. The fourth-order valence-corrected chi connectivity index (χ4v) is 4.91. The number of anilines is 1. The Labute approximate surface area is 206 Å². The lowest BCUT2D eigenvalue weighted by Crippen LogP contribution is -2.49. The van der Waals surface area contributed by atoms with Crippen molar-refractivity contribution in [1.29, 1.82) is 0 Å². The lowest BCUT2D eigenvalue weighted by Gasteiger charge is -2.36. The van der Waals surface area contributed by atoms with Crippen molar-refractivity contribution in [3.8, 4) is 0 Å². The van der Waals surface area contributed by atoms with E-state index in [1.165, 1.54) is 4.90 Å². The number of aryl methyl sites for hydroxylation is 1. The number of carbonyl (C=O) groups is 2. The molecule has 0 unspecified atom stereocenters. The summed E-state index contributed by atoms with van der Waals surface area (Å²) in [5.41, 5.74) is 2.33. The molecule has 5 rings (SSSR count). The smallest absolute Gasteiger partial charge is 0.274 e. The van der Waals surface area contributed by atoms with Crippen molar-refractivity contribution in [2.24, 2.45) is 0 Å². The van der Waals surface area contributed by atoms with Gasteiger partial charge in [0.15, 0.2) is 17.3 Å². The van der Waals surface area contributed by atoms with Gasteiger partial charge in [0.2, 0.25) is 0 Å². The number of nitrogens with zero attached hydrogens (tertiary/aromatic N) is 5. The van der Waals surface area contributed by atoms with Gasteiger partial charge in [-0.15, -0.1) is 0 Å². The van der Waals surface area contributed by atoms with Crippen LogP contribution in [0, 0.1) is 17.5 Å². The standard InChI is InChI=1S/C26H26F3N5O2/c1-2-34-23-8-9-33(25(35)18-14-21(28)22(29)15-20(18)27)16-19(23)24(30-34)26(36)32-12-10-31(11-13-32)17-6-4-3-5-7-17/h3-7,14-15H,2,8-13,16H2,1H3. The third kappa shape index (κ3) is 4.31. The summed E-state index contributed by atoms with van der Waals surface area (Å²) >= 11 is 0. The Bertz CT molecular complexity index is 1300. The molecule has 2 amide bonds. The molecule has 1 saturated heterocycles. The predicted molar refractivity (Wildman–Crippen MR) is 127 cm³/mol. The average Bonchev–Trinajstić information content (AvgIpc) is 3.28. The molecular weight excluding hydrogens is 471 g/mol. The van der Waals surface area contributed by atoms with Crippen LogP contribution >= 0.6 is 0 Å². The zero-order chi connectivity index (χ0) is 25.4. The second kappa shape index (κ2) is 9.67. The van der Waals surface area contributed by atoms with Crippen molar-refractivity contribution in [2.45, 2.75) is 26.4 Å². The van der Waals surface area contributed by atoms with Gasteiger partial charge < -0.3 is 14.7 Å². The summed E-state index contributed by atoms with van der Waals surface area (Å²) < 4.78 is 43.1. The molecule has 0 aliphatic carbocycles. The molecule has 188 valence electrons. The van der Waals surface area contributed by atoms with Gasteiger partial charge in [0.05, 0.1) is 12.1 Å². The molecule has 3 heterocycles. The molecule has 2 aromatic carbocycles. The highest BCUT2D eigenvalue weighted by molar-refractivity contribution is 5.96. The molecule has 7 nitrogen and oxygen atoms in total. The molecule has 10 heteroatoms. The zero-order valence-corrected chi connectivity index (χ0v) is 19.9. The third-order valence-electron chi connectivity index (χ3n) is 6.85. The molecule has 0 spiro atoms. The Morgan fingerprint density at radius 1 is 0.861 bits per heavy atom. The molecule has 1 aromatic heterocycles. The van der Waals surface area contributed by atoms with Crippen molar-refractivity contribution in [3.05, 3.63) is 82.4 Å². The number of amides is 2. The number of aromatic nitrogens is 2. The van der Waals surface area contributed by atoms with E-state index < -0.39 is 28.9 Å². The number of fused-ring (bicyclic) bond motifs is 1. The van der Waals surface area contributed by atoms with E-state index in [4.69, 9.17) is 0 Å². The highest BCUT2D eigenvalue weighted by atomic mass is 19.2. The van der Waals surface area contributed by atoms with Crippen molar-refractivity contribution >= 4 is 17.5 Å². The van der Waals surface area contributed by atoms with Gasteiger partial charge in [0, 0.05) is 68.7 Å². The van der Waals surface area contributed by atoms with Gasteiger partial charge in [-0.2, -0.15) is 5.10 Å². The lowest BCUT2D eigenvalue weighted by molar-refractivity contribution is 0.0706. The summed E-state index contributed by atoms with van der Waals surface area (Å²) in [6.07, 6.45) is 0.419. The maximum absolute atomic E-state index is 14.3. The van der Waals surface area contributed by atoms with E-state index in [2.05, 4.69) is 10.00 Å². The third-order valence-corrected chi connectivity index (χ3v) is 6.85. The van der Waals surface area contributed by atoms with Crippen molar-refractivity contribution in [1.82, 2.24) is 19.6 Å². The lowest BCUT2D eigenvalue weighted by atomic mass is 10.0. The van der Waals surface area contributed by atoms with Crippen molar-refractivity contribution < 1.29 is 22.8 Å². The minimum absolute atomic E-state index is 0.0393. The first kappa shape index (κ1) is 23.9. The fourth-order valence-electron chi connectivity index (χ4n) is 4.91. The molecule has 0 N–H and O–H groups in total. The minimum atomic E-state index is -1.35. The summed E-state index contributed by atoms with van der Waals surface area (Å²) in [7, 11) is 0. The molecule has 36 heavy (non-hydrogen) atoms. The first-order chi connectivity index (χ1) is 17.4. The summed E-state index contributed by atoms with van der Waals surface area (Å²) in [5, 5.41) is 4.56. The molecule has 0 radical (unpaired) electrons. The van der Waals surface area contributed by atoms with Gasteiger partial charge in [-0.25, -0.2) is 13.2 Å². The molecule has 0 bridgehead atoms. The number of piperazine rings is 1. The van der Waals surface area contributed by atoms with E-state index in [-0.39, 0.29) is 24.7 Å². The Morgan fingerprint density at radius 2 is 1.56 bits per heavy atom. The molecular formula is C26H26F3N5O2. The molecule has 1 fully saturated rings. The first-order valence-corrected chi connectivity index (χ1v) is 12.0. The number of halogens is 3. The maximum Gasteiger partial charge on any atom is 0.274 e. The number of para-hydroxylation sites is 1. The fraction of sp³-hybridized carbons (Fsp3) is 0.346. The van der Waals surface area contributed by atoms with Gasteiger partial charge in [-0.05, 0) is 25.1 Å². The van der Waals surface area contributed by atoms with E-state index in [1.807, 2.05) is 37.3 Å². The van der Waals surface area contributed by atoms with Crippen LogP contribution in [0.5, 0.6) is 0 Å². The molecule has 2 aliphatic rings.